The zero-order chi connectivity index (χ0) is 25.5. The lowest BCUT2D eigenvalue weighted by molar-refractivity contribution is -0.113. The predicted octanol–water partition coefficient (Wildman–Crippen LogP) is 4.17. The number of rotatable bonds is 10. The minimum Gasteiger partial charge on any atom is -0.497 e. The minimum absolute atomic E-state index is 0.102. The fourth-order valence-corrected chi connectivity index (χ4v) is 4.20. The number of nitrogens with one attached hydrogen (secondary N) is 1. The zero-order valence-electron chi connectivity index (χ0n) is 19.8. The van der Waals surface area contributed by atoms with Crippen LogP contribution >= 0.6 is 11.8 Å². The summed E-state index contributed by atoms with van der Waals surface area (Å²) < 4.78 is 12.8. The molecule has 0 aliphatic carbocycles. The summed E-state index contributed by atoms with van der Waals surface area (Å²) in [6.45, 7) is 2.50. The first-order valence-corrected chi connectivity index (χ1v) is 12.1. The number of carbonyl (C=O) groups excluding carboxylic acids is 2. The van der Waals surface area contributed by atoms with Gasteiger partial charge in [-0.1, -0.05) is 23.9 Å². The molecule has 0 saturated heterocycles. The molecule has 0 aliphatic heterocycles. The van der Waals surface area contributed by atoms with Crippen LogP contribution in [0.2, 0.25) is 0 Å². The molecule has 9 nitrogen and oxygen atoms in total. The number of methoxy groups -OCH3 is 1. The van der Waals surface area contributed by atoms with Gasteiger partial charge in [-0.15, -0.1) is 10.2 Å². The van der Waals surface area contributed by atoms with Gasteiger partial charge in [0.2, 0.25) is 11.8 Å². The number of aromatic nitrogens is 3. The van der Waals surface area contributed by atoms with E-state index in [1.165, 1.54) is 11.8 Å². The number of benzene rings is 3. The molecule has 2 amide bonds. The number of amides is 2. The number of thioether (sulfide) groups is 1. The van der Waals surface area contributed by atoms with Crippen molar-refractivity contribution in [1.29, 1.82) is 0 Å². The summed E-state index contributed by atoms with van der Waals surface area (Å²) >= 11 is 1.26. The van der Waals surface area contributed by atoms with Gasteiger partial charge in [0.1, 0.15) is 11.5 Å². The molecule has 0 fully saturated rings. The Labute approximate surface area is 212 Å². The highest BCUT2D eigenvalue weighted by molar-refractivity contribution is 7.99. The molecule has 36 heavy (non-hydrogen) atoms. The van der Waals surface area contributed by atoms with E-state index in [-0.39, 0.29) is 11.7 Å². The second-order valence-corrected chi connectivity index (χ2v) is 8.52. The number of hydrogen-bond donors (Lipinski definition) is 2. The molecule has 0 saturated carbocycles. The highest BCUT2D eigenvalue weighted by Gasteiger charge is 2.18. The van der Waals surface area contributed by atoms with Crippen LogP contribution in [0, 0.1) is 0 Å². The topological polar surface area (TPSA) is 121 Å². The second-order valence-electron chi connectivity index (χ2n) is 7.58. The molecule has 1 heterocycles. The molecular weight excluding hydrogens is 478 g/mol. The summed E-state index contributed by atoms with van der Waals surface area (Å²) in [6, 6.07) is 21.5. The fraction of sp³-hybridized carbons (Fsp3) is 0.154. The van der Waals surface area contributed by atoms with Gasteiger partial charge in [-0.2, -0.15) is 0 Å². The third-order valence-corrected chi connectivity index (χ3v) is 6.08. The van der Waals surface area contributed by atoms with Crippen LogP contribution in [0.4, 0.5) is 5.69 Å². The van der Waals surface area contributed by atoms with Crippen molar-refractivity contribution in [1.82, 2.24) is 14.8 Å². The Morgan fingerprint density at radius 3 is 2.42 bits per heavy atom. The molecule has 184 valence electrons. The smallest absolute Gasteiger partial charge is 0.248 e. The average Bonchev–Trinajstić information content (AvgIpc) is 3.32. The molecule has 0 aliphatic rings. The number of hydrogen-bond acceptors (Lipinski definition) is 7. The lowest BCUT2D eigenvalue weighted by atomic mass is 10.2. The van der Waals surface area contributed by atoms with Crippen LogP contribution in [-0.2, 0) is 4.79 Å². The number of carbonyl (C=O) groups is 2. The molecule has 4 aromatic rings. The molecule has 0 spiro atoms. The molecule has 10 heteroatoms. The summed E-state index contributed by atoms with van der Waals surface area (Å²) in [6.07, 6.45) is 0. The van der Waals surface area contributed by atoms with E-state index >= 15 is 0 Å². The molecule has 4 rings (SSSR count). The molecule has 3 aromatic carbocycles. The van der Waals surface area contributed by atoms with E-state index in [9.17, 15) is 9.59 Å². The van der Waals surface area contributed by atoms with Gasteiger partial charge in [0, 0.05) is 22.5 Å². The van der Waals surface area contributed by atoms with Gasteiger partial charge in [-0.05, 0) is 67.6 Å². The monoisotopic (exact) mass is 503 g/mol. The van der Waals surface area contributed by atoms with Gasteiger partial charge in [-0.3, -0.25) is 14.2 Å². The van der Waals surface area contributed by atoms with Gasteiger partial charge < -0.3 is 20.5 Å². The Kier molecular flexibility index (Phi) is 7.86. The summed E-state index contributed by atoms with van der Waals surface area (Å²) in [5.41, 5.74) is 7.85. The Morgan fingerprint density at radius 1 is 1.00 bits per heavy atom. The second kappa shape index (κ2) is 11.4. The van der Waals surface area contributed by atoms with Crippen molar-refractivity contribution < 1.29 is 19.1 Å². The number of primary amides is 1. The standard InChI is InChI=1S/C26H25N5O4S/c1-3-35-21-13-11-20(12-14-21)31-25(18-5-4-6-22(15-18)34-2)29-30-26(31)36-16-23(32)28-19-9-7-17(8-10-19)24(27)33/h4-15H,3,16H2,1-2H3,(H2,27,33)(H,28,32). The molecule has 0 bridgehead atoms. The maximum absolute atomic E-state index is 12.6. The van der Waals surface area contributed by atoms with Gasteiger partial charge in [0.15, 0.2) is 11.0 Å². The Morgan fingerprint density at radius 2 is 1.75 bits per heavy atom. The zero-order valence-corrected chi connectivity index (χ0v) is 20.6. The van der Waals surface area contributed by atoms with E-state index < -0.39 is 5.91 Å². The van der Waals surface area contributed by atoms with Gasteiger partial charge in [0.05, 0.1) is 19.5 Å². The Hall–Kier alpha value is -4.31. The molecule has 3 N–H and O–H groups in total. The van der Waals surface area contributed by atoms with Gasteiger partial charge in [0.25, 0.3) is 0 Å². The first kappa shape index (κ1) is 24.8. The van der Waals surface area contributed by atoms with E-state index in [4.69, 9.17) is 15.2 Å². The molecular formula is C26H25N5O4S. The van der Waals surface area contributed by atoms with E-state index in [1.807, 2.05) is 60.0 Å². The first-order valence-electron chi connectivity index (χ1n) is 11.1. The SMILES string of the molecule is CCOc1ccc(-n2c(SCC(=O)Nc3ccc(C(N)=O)cc3)nnc2-c2cccc(OC)c2)cc1. The van der Waals surface area contributed by atoms with Crippen molar-refractivity contribution in [2.45, 2.75) is 12.1 Å². The molecule has 0 unspecified atom stereocenters. The average molecular weight is 504 g/mol. The molecule has 1 aromatic heterocycles. The number of nitrogens with two attached hydrogens (primary N) is 1. The highest BCUT2D eigenvalue weighted by atomic mass is 32.2. The lowest BCUT2D eigenvalue weighted by Crippen LogP contribution is -2.15. The van der Waals surface area contributed by atoms with E-state index in [2.05, 4.69) is 15.5 Å². The van der Waals surface area contributed by atoms with E-state index in [0.717, 1.165) is 17.0 Å². The molecule has 0 radical (unpaired) electrons. The van der Waals surface area contributed by atoms with Crippen LogP contribution in [0.5, 0.6) is 11.5 Å². The van der Waals surface area contributed by atoms with Crippen LogP contribution in [0.1, 0.15) is 17.3 Å². The Bertz CT molecular complexity index is 1350. The van der Waals surface area contributed by atoms with Crippen LogP contribution < -0.4 is 20.5 Å². The summed E-state index contributed by atoms with van der Waals surface area (Å²) in [4.78, 5) is 23.9. The number of anilines is 1. The van der Waals surface area contributed by atoms with E-state index in [0.29, 0.717) is 34.6 Å². The van der Waals surface area contributed by atoms with Crippen LogP contribution in [0.25, 0.3) is 17.1 Å². The third-order valence-electron chi connectivity index (χ3n) is 5.15. The van der Waals surface area contributed by atoms with Crippen molar-refractivity contribution in [3.8, 4) is 28.6 Å². The number of ether oxygens (including phenoxy) is 2. The van der Waals surface area contributed by atoms with Crippen molar-refractivity contribution in [3.05, 3.63) is 78.4 Å². The van der Waals surface area contributed by atoms with Crippen LogP contribution in [0.15, 0.2) is 78.0 Å². The largest absolute Gasteiger partial charge is 0.497 e. The maximum atomic E-state index is 12.6. The quantitative estimate of drug-likeness (QED) is 0.312. The lowest BCUT2D eigenvalue weighted by Gasteiger charge is -2.12. The summed E-state index contributed by atoms with van der Waals surface area (Å²) in [5.74, 6) is 1.42. The van der Waals surface area contributed by atoms with Crippen LogP contribution in [0.3, 0.4) is 0 Å². The maximum Gasteiger partial charge on any atom is 0.248 e. The van der Waals surface area contributed by atoms with Gasteiger partial charge >= 0.3 is 0 Å². The Balaban J connectivity index is 1.58. The summed E-state index contributed by atoms with van der Waals surface area (Å²) in [7, 11) is 1.61. The predicted molar refractivity (Wildman–Crippen MR) is 139 cm³/mol. The normalized spacial score (nSPS) is 10.6. The first-order chi connectivity index (χ1) is 17.5. The summed E-state index contributed by atoms with van der Waals surface area (Å²) in [5, 5.41) is 12.1. The van der Waals surface area contributed by atoms with Crippen LogP contribution in [-0.4, -0.2) is 46.0 Å². The van der Waals surface area contributed by atoms with Crippen molar-refractivity contribution in [3.63, 3.8) is 0 Å². The third kappa shape index (κ3) is 5.84. The fourth-order valence-electron chi connectivity index (χ4n) is 3.45. The highest BCUT2D eigenvalue weighted by Crippen LogP contribution is 2.30. The molecule has 0 atom stereocenters. The van der Waals surface area contributed by atoms with E-state index in [1.54, 1.807) is 31.4 Å². The van der Waals surface area contributed by atoms with Gasteiger partial charge in [-0.25, -0.2) is 0 Å². The number of nitrogens with zero attached hydrogens (tertiary/aromatic N) is 3. The van der Waals surface area contributed by atoms with Crippen molar-refractivity contribution in [2.75, 3.05) is 24.8 Å². The van der Waals surface area contributed by atoms with Crippen molar-refractivity contribution >= 4 is 29.3 Å². The van der Waals surface area contributed by atoms with Crippen molar-refractivity contribution in [2.24, 2.45) is 5.73 Å². The minimum atomic E-state index is -0.524.